The van der Waals surface area contributed by atoms with E-state index in [0.717, 1.165) is 0 Å². The molecule has 1 fully saturated rings. The van der Waals surface area contributed by atoms with Gasteiger partial charge >= 0.3 is 12.2 Å². The third-order valence-corrected chi connectivity index (χ3v) is 1.18. The maximum atomic E-state index is 12.0. The predicted molar refractivity (Wildman–Crippen MR) is 23.9 cm³/mol. The molecule has 1 rings (SSSR count). The van der Waals surface area contributed by atoms with E-state index in [0.29, 0.717) is 5.32 Å². The lowest BCUT2D eigenvalue weighted by atomic mass is 10.4. The molecule has 0 aromatic rings. The van der Waals surface area contributed by atoms with Gasteiger partial charge in [-0.1, -0.05) is 0 Å². The minimum Gasteiger partial charge on any atom is -0.275 e. The minimum absolute atomic E-state index is 0.446. The summed E-state index contributed by atoms with van der Waals surface area (Å²) in [7, 11) is 0. The van der Waals surface area contributed by atoms with E-state index >= 15 is 0 Å². The molecule has 0 bridgehead atoms. The number of morpholine rings is 1. The Labute approximate surface area is 62.5 Å². The topological polar surface area (TPSA) is 21.3 Å². The van der Waals surface area contributed by atoms with Crippen molar-refractivity contribution in [2.75, 3.05) is 0 Å². The van der Waals surface area contributed by atoms with Crippen LogP contribution in [0.3, 0.4) is 0 Å². The molecule has 1 aliphatic heterocycles. The summed E-state index contributed by atoms with van der Waals surface area (Å²) in [6.07, 6.45) is -11.1. The number of hydrogen-bond donors (Lipinski definition) is 1. The van der Waals surface area contributed by atoms with Crippen LogP contribution in [0.5, 0.6) is 0 Å². The van der Waals surface area contributed by atoms with Gasteiger partial charge in [-0.2, -0.15) is 17.6 Å². The molecule has 2 atom stereocenters. The van der Waals surface area contributed by atoms with Gasteiger partial charge in [-0.15, -0.1) is 0 Å². The van der Waals surface area contributed by atoms with Gasteiger partial charge in [0.2, 0.25) is 12.7 Å². The summed E-state index contributed by atoms with van der Waals surface area (Å²) in [5, 5.41) is 0.446. The highest BCUT2D eigenvalue weighted by molar-refractivity contribution is 4.82. The van der Waals surface area contributed by atoms with E-state index in [1.807, 2.05) is 0 Å². The van der Waals surface area contributed by atoms with Crippen molar-refractivity contribution >= 4 is 0 Å². The maximum Gasteiger partial charge on any atom is 0.437 e. The molecule has 0 amide bonds. The zero-order valence-electron chi connectivity index (χ0n) is 5.33. The Morgan fingerprint density at radius 3 is 2.00 bits per heavy atom. The molecule has 1 N–H and O–H groups in total. The molecule has 0 aliphatic carbocycles. The quantitative estimate of drug-likeness (QED) is 0.465. The highest BCUT2D eigenvalue weighted by Gasteiger charge is 2.65. The van der Waals surface area contributed by atoms with Crippen LogP contribution in [0.2, 0.25) is 0 Å². The van der Waals surface area contributed by atoms with Crippen molar-refractivity contribution < 1.29 is 31.1 Å². The molecule has 1 heterocycles. The number of rotatable bonds is 0. The molecule has 0 aromatic heterocycles. The number of nitrogens with one attached hydrogen (secondary N) is 1. The molecule has 0 aromatic carbocycles. The van der Waals surface area contributed by atoms with Crippen LogP contribution in [-0.2, 0) is 4.74 Å². The molecule has 0 saturated carbocycles. The predicted octanol–water partition coefficient (Wildman–Crippen LogP) is 1.38. The summed E-state index contributed by atoms with van der Waals surface area (Å²) in [4.78, 5) is 0. The largest absolute Gasteiger partial charge is 0.437 e. The minimum atomic E-state index is -5.03. The van der Waals surface area contributed by atoms with Crippen LogP contribution >= 0.6 is 0 Å². The summed E-state index contributed by atoms with van der Waals surface area (Å²) in [6, 6.07) is -4.89. The van der Waals surface area contributed by atoms with Crippen LogP contribution in [0.25, 0.3) is 0 Å². The molecule has 2 nitrogen and oxygen atoms in total. The molecular formula is C4H3F6NO. The van der Waals surface area contributed by atoms with Crippen LogP contribution in [0.15, 0.2) is 0 Å². The normalized spacial score (nSPS) is 39.5. The standard InChI is InChI=1S/C4H3F6NO/c5-1-2(6)12-4(9,10)3(7,8)11-1/h1-2,11H. The Morgan fingerprint density at radius 1 is 1.08 bits per heavy atom. The lowest BCUT2D eigenvalue weighted by molar-refractivity contribution is -0.422. The molecular weight excluding hydrogens is 192 g/mol. The van der Waals surface area contributed by atoms with Crippen LogP contribution in [0, 0.1) is 0 Å². The second kappa shape index (κ2) is 2.49. The summed E-state index contributed by atoms with van der Waals surface area (Å²) in [5.41, 5.74) is 0. The Bertz CT molecular complexity index is 164. The third kappa shape index (κ3) is 1.36. The van der Waals surface area contributed by atoms with Crippen molar-refractivity contribution in [3.05, 3.63) is 0 Å². The van der Waals surface area contributed by atoms with Crippen molar-refractivity contribution in [2.24, 2.45) is 0 Å². The fraction of sp³-hybridized carbons (Fsp3) is 1.00. The lowest BCUT2D eigenvalue weighted by Gasteiger charge is -2.34. The van der Waals surface area contributed by atoms with Gasteiger partial charge in [-0.25, -0.2) is 14.1 Å². The van der Waals surface area contributed by atoms with Gasteiger partial charge < -0.3 is 0 Å². The van der Waals surface area contributed by atoms with Gasteiger partial charge in [0.05, 0.1) is 0 Å². The van der Waals surface area contributed by atoms with E-state index in [4.69, 9.17) is 0 Å². The zero-order chi connectivity index (χ0) is 9.57. The zero-order valence-corrected chi connectivity index (χ0v) is 5.33. The Kier molecular flexibility index (Phi) is 1.99. The van der Waals surface area contributed by atoms with E-state index in [2.05, 4.69) is 4.74 Å². The third-order valence-electron chi connectivity index (χ3n) is 1.18. The fourth-order valence-electron chi connectivity index (χ4n) is 0.598. The highest BCUT2D eigenvalue weighted by Crippen LogP contribution is 2.38. The summed E-state index contributed by atoms with van der Waals surface area (Å²) in [5.74, 6) is 0. The first-order valence-corrected chi connectivity index (χ1v) is 2.75. The number of hydrogen-bond acceptors (Lipinski definition) is 2. The van der Waals surface area contributed by atoms with Gasteiger partial charge in [0.15, 0.2) is 0 Å². The van der Waals surface area contributed by atoms with Crippen molar-refractivity contribution in [1.29, 1.82) is 0 Å². The average molecular weight is 195 g/mol. The lowest BCUT2D eigenvalue weighted by Crippen LogP contribution is -2.64. The van der Waals surface area contributed by atoms with Gasteiger partial charge in [0.25, 0.3) is 0 Å². The van der Waals surface area contributed by atoms with E-state index in [-0.39, 0.29) is 0 Å². The van der Waals surface area contributed by atoms with Crippen LogP contribution in [0.4, 0.5) is 26.3 Å². The first-order valence-electron chi connectivity index (χ1n) is 2.75. The first kappa shape index (κ1) is 9.59. The molecule has 8 heteroatoms. The SMILES string of the molecule is FC1NC(F)(F)C(F)(F)OC1F. The van der Waals surface area contributed by atoms with E-state index in [9.17, 15) is 26.3 Å². The van der Waals surface area contributed by atoms with Gasteiger partial charge in [-0.3, -0.25) is 4.74 Å². The smallest absolute Gasteiger partial charge is 0.275 e. The second-order valence-electron chi connectivity index (χ2n) is 2.11. The average Bonchev–Trinajstić information content (AvgIpc) is 1.82. The van der Waals surface area contributed by atoms with E-state index < -0.39 is 24.8 Å². The van der Waals surface area contributed by atoms with Crippen molar-refractivity contribution in [3.8, 4) is 0 Å². The summed E-state index contributed by atoms with van der Waals surface area (Å²) in [6.45, 7) is 0. The molecule has 72 valence electrons. The Morgan fingerprint density at radius 2 is 1.58 bits per heavy atom. The molecule has 12 heavy (non-hydrogen) atoms. The summed E-state index contributed by atoms with van der Waals surface area (Å²) < 4.78 is 74.7. The maximum absolute atomic E-state index is 12.0. The number of alkyl halides is 6. The van der Waals surface area contributed by atoms with Gasteiger partial charge in [-0.05, 0) is 0 Å². The van der Waals surface area contributed by atoms with Crippen LogP contribution in [-0.4, -0.2) is 24.8 Å². The fourth-order valence-corrected chi connectivity index (χ4v) is 0.598. The molecule has 1 saturated heterocycles. The molecule has 2 unspecified atom stereocenters. The van der Waals surface area contributed by atoms with Crippen LogP contribution < -0.4 is 5.32 Å². The van der Waals surface area contributed by atoms with Crippen molar-refractivity contribution in [3.63, 3.8) is 0 Å². The number of ether oxygens (including phenoxy) is 1. The van der Waals surface area contributed by atoms with Gasteiger partial charge in [0.1, 0.15) is 0 Å². The number of halogens is 6. The monoisotopic (exact) mass is 195 g/mol. The van der Waals surface area contributed by atoms with Gasteiger partial charge in [0, 0.05) is 0 Å². The Hall–Kier alpha value is -0.500. The molecule has 1 aliphatic rings. The molecule has 0 radical (unpaired) electrons. The summed E-state index contributed by atoms with van der Waals surface area (Å²) >= 11 is 0. The Balaban J connectivity index is 2.80. The van der Waals surface area contributed by atoms with Crippen molar-refractivity contribution in [2.45, 2.75) is 24.8 Å². The first-order chi connectivity index (χ1) is 5.26. The van der Waals surface area contributed by atoms with Crippen LogP contribution in [0.1, 0.15) is 0 Å². The second-order valence-corrected chi connectivity index (χ2v) is 2.11. The molecule has 0 spiro atoms. The van der Waals surface area contributed by atoms with E-state index in [1.54, 1.807) is 0 Å². The highest BCUT2D eigenvalue weighted by atomic mass is 19.3. The van der Waals surface area contributed by atoms with Crippen molar-refractivity contribution in [1.82, 2.24) is 5.32 Å². The van der Waals surface area contributed by atoms with E-state index in [1.165, 1.54) is 0 Å².